The molecule has 4 nitrogen and oxygen atoms in total. The monoisotopic (exact) mass is 285 g/mol. The second kappa shape index (κ2) is 7.45. The van der Waals surface area contributed by atoms with Crippen LogP contribution in [0.3, 0.4) is 0 Å². The molecule has 2 rings (SSSR count). The Labute approximate surface area is 124 Å². The molecule has 1 unspecified atom stereocenters. The minimum Gasteiger partial charge on any atom is -0.469 e. The predicted octanol–water partition coefficient (Wildman–Crippen LogP) is 3.08. The first-order valence-electron chi connectivity index (χ1n) is 6.82. The van der Waals surface area contributed by atoms with Crippen LogP contribution in [0.1, 0.15) is 17.9 Å². The number of hydrogen-bond donors (Lipinski definition) is 1. The Morgan fingerprint density at radius 1 is 1.10 bits per heavy atom. The maximum atomic E-state index is 11.4. The molecule has 0 fully saturated rings. The molecular formula is C17H19NO3. The van der Waals surface area contributed by atoms with Crippen molar-refractivity contribution in [2.45, 2.75) is 12.3 Å². The van der Waals surface area contributed by atoms with Gasteiger partial charge in [0.2, 0.25) is 0 Å². The highest BCUT2D eigenvalue weighted by Gasteiger charge is 2.15. The van der Waals surface area contributed by atoms with Crippen LogP contribution in [-0.2, 0) is 9.53 Å². The molecule has 0 radical (unpaired) electrons. The van der Waals surface area contributed by atoms with Crippen molar-refractivity contribution in [3.05, 3.63) is 60.2 Å². The van der Waals surface area contributed by atoms with Gasteiger partial charge in [-0.25, -0.2) is 0 Å². The van der Waals surface area contributed by atoms with Gasteiger partial charge in [0.25, 0.3) is 0 Å². The smallest absolute Gasteiger partial charge is 0.306 e. The molecule has 0 aliphatic heterocycles. The molecule has 4 heteroatoms. The third-order valence-electron chi connectivity index (χ3n) is 3.23. The molecule has 1 atom stereocenters. The van der Waals surface area contributed by atoms with Gasteiger partial charge in [-0.3, -0.25) is 4.79 Å². The van der Waals surface area contributed by atoms with Crippen LogP contribution < -0.4 is 10.5 Å². The molecule has 110 valence electrons. The zero-order valence-electron chi connectivity index (χ0n) is 12.0. The normalized spacial score (nSPS) is 11.7. The molecule has 2 aromatic carbocycles. The fourth-order valence-electron chi connectivity index (χ4n) is 2.08. The maximum absolute atomic E-state index is 11.4. The molecule has 2 aromatic rings. The fraction of sp³-hybridized carbons (Fsp3) is 0.235. The maximum Gasteiger partial charge on any atom is 0.306 e. The number of methoxy groups -OCH3 is 1. The summed E-state index contributed by atoms with van der Waals surface area (Å²) < 4.78 is 10.5. The lowest BCUT2D eigenvalue weighted by Gasteiger charge is -2.15. The van der Waals surface area contributed by atoms with Gasteiger partial charge in [0.05, 0.1) is 13.5 Å². The SMILES string of the molecule is COC(=O)CC(CN)c1cccc(Oc2ccccc2)c1. The molecule has 0 amide bonds. The number of hydrogen-bond acceptors (Lipinski definition) is 4. The molecule has 0 spiro atoms. The number of rotatable bonds is 6. The van der Waals surface area contributed by atoms with E-state index in [9.17, 15) is 4.79 Å². The number of esters is 1. The summed E-state index contributed by atoms with van der Waals surface area (Å²) in [4.78, 5) is 11.4. The summed E-state index contributed by atoms with van der Waals surface area (Å²) >= 11 is 0. The topological polar surface area (TPSA) is 61.5 Å². The largest absolute Gasteiger partial charge is 0.469 e. The van der Waals surface area contributed by atoms with Gasteiger partial charge in [0.15, 0.2) is 0 Å². The zero-order valence-corrected chi connectivity index (χ0v) is 12.0. The van der Waals surface area contributed by atoms with Crippen LogP contribution in [0.5, 0.6) is 11.5 Å². The lowest BCUT2D eigenvalue weighted by molar-refractivity contribution is -0.141. The summed E-state index contributed by atoms with van der Waals surface area (Å²) in [5, 5.41) is 0. The first-order valence-corrected chi connectivity index (χ1v) is 6.82. The number of carbonyl (C=O) groups excluding carboxylic acids is 1. The van der Waals surface area contributed by atoms with E-state index in [0.717, 1.165) is 17.1 Å². The van der Waals surface area contributed by atoms with Crippen LogP contribution in [0.2, 0.25) is 0 Å². The minimum atomic E-state index is -0.264. The predicted molar refractivity (Wildman–Crippen MR) is 81.4 cm³/mol. The zero-order chi connectivity index (χ0) is 15.1. The first kappa shape index (κ1) is 15.1. The molecule has 0 aliphatic carbocycles. The molecule has 21 heavy (non-hydrogen) atoms. The van der Waals surface area contributed by atoms with E-state index in [-0.39, 0.29) is 18.3 Å². The molecule has 0 aliphatic rings. The van der Waals surface area contributed by atoms with E-state index in [1.807, 2.05) is 54.6 Å². The number of benzene rings is 2. The first-order chi connectivity index (χ1) is 10.2. The van der Waals surface area contributed by atoms with Crippen LogP contribution in [-0.4, -0.2) is 19.6 Å². The molecular weight excluding hydrogens is 266 g/mol. The number of ether oxygens (including phenoxy) is 2. The van der Waals surface area contributed by atoms with E-state index in [4.69, 9.17) is 15.2 Å². The summed E-state index contributed by atoms with van der Waals surface area (Å²) in [7, 11) is 1.38. The van der Waals surface area contributed by atoms with Crippen molar-refractivity contribution in [1.29, 1.82) is 0 Å². The summed E-state index contributed by atoms with van der Waals surface area (Å²) in [5.41, 5.74) is 6.73. The van der Waals surface area contributed by atoms with Gasteiger partial charge in [0.1, 0.15) is 11.5 Å². The van der Waals surface area contributed by atoms with Gasteiger partial charge < -0.3 is 15.2 Å². The Hall–Kier alpha value is -2.33. The van der Waals surface area contributed by atoms with E-state index in [0.29, 0.717) is 6.54 Å². The second-order valence-electron chi connectivity index (χ2n) is 4.70. The highest BCUT2D eigenvalue weighted by atomic mass is 16.5. The minimum absolute atomic E-state index is 0.0724. The van der Waals surface area contributed by atoms with E-state index in [2.05, 4.69) is 0 Å². The van der Waals surface area contributed by atoms with Crippen LogP contribution in [0.4, 0.5) is 0 Å². The third-order valence-corrected chi connectivity index (χ3v) is 3.23. The van der Waals surface area contributed by atoms with Gasteiger partial charge in [-0.1, -0.05) is 30.3 Å². The lowest BCUT2D eigenvalue weighted by atomic mass is 9.96. The van der Waals surface area contributed by atoms with Crippen molar-refractivity contribution < 1.29 is 14.3 Å². The highest BCUT2D eigenvalue weighted by molar-refractivity contribution is 5.70. The number of nitrogens with two attached hydrogens (primary N) is 1. The summed E-state index contributed by atoms with van der Waals surface area (Å²) in [5.74, 6) is 1.16. The summed E-state index contributed by atoms with van der Waals surface area (Å²) in [6.45, 7) is 0.379. The van der Waals surface area contributed by atoms with Crippen molar-refractivity contribution in [3.63, 3.8) is 0 Å². The van der Waals surface area contributed by atoms with E-state index in [1.54, 1.807) is 0 Å². The lowest BCUT2D eigenvalue weighted by Crippen LogP contribution is -2.17. The Bertz CT molecular complexity index is 584. The quantitative estimate of drug-likeness (QED) is 0.828. The summed E-state index contributed by atoms with van der Waals surface area (Å²) in [6, 6.07) is 17.2. The molecule has 2 N–H and O–H groups in total. The third kappa shape index (κ3) is 4.33. The van der Waals surface area contributed by atoms with Crippen molar-refractivity contribution >= 4 is 5.97 Å². The summed E-state index contributed by atoms with van der Waals surface area (Å²) in [6.07, 6.45) is 0.266. The van der Waals surface area contributed by atoms with Gasteiger partial charge in [-0.2, -0.15) is 0 Å². The Kier molecular flexibility index (Phi) is 5.35. The van der Waals surface area contributed by atoms with Gasteiger partial charge in [-0.15, -0.1) is 0 Å². The molecule has 0 saturated heterocycles. The van der Waals surface area contributed by atoms with E-state index >= 15 is 0 Å². The molecule has 0 heterocycles. The number of carbonyl (C=O) groups is 1. The Morgan fingerprint density at radius 2 is 1.81 bits per heavy atom. The average Bonchev–Trinajstić information content (AvgIpc) is 2.53. The van der Waals surface area contributed by atoms with Gasteiger partial charge in [-0.05, 0) is 36.4 Å². The molecule has 0 bridgehead atoms. The van der Waals surface area contributed by atoms with Crippen molar-refractivity contribution in [3.8, 4) is 11.5 Å². The van der Waals surface area contributed by atoms with Crippen LogP contribution in [0.15, 0.2) is 54.6 Å². The van der Waals surface area contributed by atoms with Crippen molar-refractivity contribution in [2.24, 2.45) is 5.73 Å². The second-order valence-corrected chi connectivity index (χ2v) is 4.70. The van der Waals surface area contributed by atoms with Crippen molar-refractivity contribution in [2.75, 3.05) is 13.7 Å². The van der Waals surface area contributed by atoms with Gasteiger partial charge >= 0.3 is 5.97 Å². The standard InChI is InChI=1S/C17H19NO3/c1-20-17(19)11-14(12-18)13-6-5-9-16(10-13)21-15-7-3-2-4-8-15/h2-10,14H,11-12,18H2,1H3. The average molecular weight is 285 g/mol. The van der Waals surface area contributed by atoms with Crippen molar-refractivity contribution in [1.82, 2.24) is 0 Å². The Balaban J connectivity index is 2.14. The van der Waals surface area contributed by atoms with Crippen LogP contribution in [0.25, 0.3) is 0 Å². The van der Waals surface area contributed by atoms with E-state index < -0.39 is 0 Å². The Morgan fingerprint density at radius 3 is 2.48 bits per heavy atom. The van der Waals surface area contributed by atoms with Gasteiger partial charge in [0, 0.05) is 5.92 Å². The van der Waals surface area contributed by atoms with Crippen LogP contribution >= 0.6 is 0 Å². The van der Waals surface area contributed by atoms with Crippen LogP contribution in [0, 0.1) is 0 Å². The molecule has 0 aromatic heterocycles. The number of para-hydroxylation sites is 1. The highest BCUT2D eigenvalue weighted by Crippen LogP contribution is 2.26. The van der Waals surface area contributed by atoms with E-state index in [1.165, 1.54) is 7.11 Å². The molecule has 0 saturated carbocycles. The fourth-order valence-corrected chi connectivity index (χ4v) is 2.08.